The number of hydrogen-bond donors (Lipinski definition) is 1. The summed E-state index contributed by atoms with van der Waals surface area (Å²) < 4.78 is 19.4. The fraction of sp³-hybridized carbons (Fsp3) is 0.100. The van der Waals surface area contributed by atoms with Crippen molar-refractivity contribution in [3.8, 4) is 11.3 Å². The summed E-state index contributed by atoms with van der Waals surface area (Å²) in [5, 5.41) is 0. The Hall–Kier alpha value is -1.20. The van der Waals surface area contributed by atoms with Crippen molar-refractivity contribution in [1.82, 2.24) is 4.98 Å². The van der Waals surface area contributed by atoms with E-state index in [9.17, 15) is 4.39 Å². The number of oxazole rings is 1. The molecular weight excluding hydrogens is 263 g/mol. The molecule has 0 unspecified atom stereocenters. The van der Waals surface area contributed by atoms with Gasteiger partial charge in [-0.25, -0.2) is 9.37 Å². The number of nitrogens with zero attached hydrogens (tertiary/aromatic N) is 1. The second-order valence-electron chi connectivity index (χ2n) is 2.96. The van der Waals surface area contributed by atoms with Crippen LogP contribution in [0.2, 0.25) is 0 Å². The molecule has 0 aliphatic carbocycles. The topological polar surface area (TPSA) is 52.0 Å². The van der Waals surface area contributed by atoms with Gasteiger partial charge in [-0.1, -0.05) is 15.9 Å². The molecule has 0 atom stereocenters. The lowest BCUT2D eigenvalue weighted by Crippen LogP contribution is -1.98. The fourth-order valence-electron chi connectivity index (χ4n) is 1.31. The van der Waals surface area contributed by atoms with E-state index in [2.05, 4.69) is 20.9 Å². The van der Waals surface area contributed by atoms with Gasteiger partial charge in [0.05, 0.1) is 5.56 Å². The molecule has 0 spiro atoms. The number of nitrogens with two attached hydrogens (primary N) is 1. The molecule has 0 fully saturated rings. The molecule has 1 heterocycles. The van der Waals surface area contributed by atoms with E-state index in [-0.39, 0.29) is 12.4 Å². The molecule has 0 saturated carbocycles. The molecule has 0 amide bonds. The second-order valence-corrected chi connectivity index (χ2v) is 3.87. The summed E-state index contributed by atoms with van der Waals surface area (Å²) in [6.45, 7) is 0.224. The minimum absolute atomic E-state index is 0.224. The molecule has 0 saturated heterocycles. The van der Waals surface area contributed by atoms with Gasteiger partial charge in [-0.2, -0.15) is 0 Å². The van der Waals surface area contributed by atoms with Crippen molar-refractivity contribution >= 4 is 15.9 Å². The van der Waals surface area contributed by atoms with Gasteiger partial charge in [0.1, 0.15) is 11.5 Å². The van der Waals surface area contributed by atoms with Crippen LogP contribution in [0.4, 0.5) is 4.39 Å². The monoisotopic (exact) mass is 270 g/mol. The van der Waals surface area contributed by atoms with Crippen LogP contribution in [0, 0.1) is 5.82 Å². The lowest BCUT2D eigenvalue weighted by atomic mass is 10.1. The van der Waals surface area contributed by atoms with Gasteiger partial charge in [0.2, 0.25) is 0 Å². The Kier molecular flexibility index (Phi) is 2.83. The molecule has 2 aromatic rings. The highest BCUT2D eigenvalue weighted by molar-refractivity contribution is 9.10. The van der Waals surface area contributed by atoms with Crippen LogP contribution in [0.1, 0.15) is 5.69 Å². The van der Waals surface area contributed by atoms with Crippen LogP contribution in [0.3, 0.4) is 0 Å². The van der Waals surface area contributed by atoms with Gasteiger partial charge < -0.3 is 10.2 Å². The molecule has 2 rings (SSSR count). The molecule has 5 heteroatoms. The Morgan fingerprint density at radius 2 is 2.27 bits per heavy atom. The first kappa shape index (κ1) is 10.3. The average Bonchev–Trinajstić information content (AvgIpc) is 2.65. The third kappa shape index (κ3) is 1.93. The Bertz CT molecular complexity index is 484. The molecule has 2 N–H and O–H groups in total. The minimum Gasteiger partial charge on any atom is -0.443 e. The molecule has 3 nitrogen and oxygen atoms in total. The smallest absolute Gasteiger partial charge is 0.181 e. The van der Waals surface area contributed by atoms with E-state index in [4.69, 9.17) is 10.2 Å². The third-order valence-corrected chi connectivity index (χ3v) is 2.50. The van der Waals surface area contributed by atoms with Crippen LogP contribution >= 0.6 is 15.9 Å². The van der Waals surface area contributed by atoms with Crippen LogP contribution in [-0.4, -0.2) is 4.98 Å². The molecule has 1 aromatic carbocycles. The Labute approximate surface area is 94.2 Å². The number of halogens is 2. The highest BCUT2D eigenvalue weighted by Gasteiger charge is 2.13. The lowest BCUT2D eigenvalue weighted by Gasteiger charge is -2.01. The Balaban J connectivity index is 2.54. The van der Waals surface area contributed by atoms with Crippen molar-refractivity contribution in [2.45, 2.75) is 6.54 Å². The summed E-state index contributed by atoms with van der Waals surface area (Å²) in [5.41, 5.74) is 6.38. The van der Waals surface area contributed by atoms with Crippen LogP contribution in [0.5, 0.6) is 0 Å². The van der Waals surface area contributed by atoms with E-state index in [1.54, 1.807) is 12.1 Å². The van der Waals surface area contributed by atoms with E-state index < -0.39 is 0 Å². The van der Waals surface area contributed by atoms with Crippen molar-refractivity contribution in [3.63, 3.8) is 0 Å². The quantitative estimate of drug-likeness (QED) is 0.913. The first-order valence-electron chi connectivity index (χ1n) is 4.30. The summed E-state index contributed by atoms with van der Waals surface area (Å²) in [7, 11) is 0. The van der Waals surface area contributed by atoms with E-state index in [0.29, 0.717) is 21.5 Å². The summed E-state index contributed by atoms with van der Waals surface area (Å²) >= 11 is 3.18. The van der Waals surface area contributed by atoms with Gasteiger partial charge >= 0.3 is 0 Å². The summed E-state index contributed by atoms with van der Waals surface area (Å²) in [6, 6.07) is 4.73. The standard InChI is InChI=1S/C10H8BrFN2O/c11-6-1-2-7(8(12)3-6)10-9(4-13)14-5-15-10/h1-3,5H,4,13H2. The maximum Gasteiger partial charge on any atom is 0.181 e. The van der Waals surface area contributed by atoms with Crippen molar-refractivity contribution < 1.29 is 8.81 Å². The predicted molar refractivity (Wildman–Crippen MR) is 57.5 cm³/mol. The number of rotatable bonds is 2. The Morgan fingerprint density at radius 3 is 2.93 bits per heavy atom. The maximum absolute atomic E-state index is 13.6. The van der Waals surface area contributed by atoms with E-state index in [0.717, 1.165) is 0 Å². The second kappa shape index (κ2) is 4.12. The summed E-state index contributed by atoms with van der Waals surface area (Å²) in [6.07, 6.45) is 1.26. The molecule has 0 aliphatic rings. The van der Waals surface area contributed by atoms with Crippen molar-refractivity contribution in [2.24, 2.45) is 5.73 Å². The van der Waals surface area contributed by atoms with Crippen molar-refractivity contribution in [3.05, 3.63) is 40.6 Å². The molecular formula is C10H8BrFN2O. The molecule has 0 radical (unpaired) electrons. The highest BCUT2D eigenvalue weighted by Crippen LogP contribution is 2.27. The van der Waals surface area contributed by atoms with Crippen LogP contribution in [0.25, 0.3) is 11.3 Å². The van der Waals surface area contributed by atoms with E-state index in [1.165, 1.54) is 12.5 Å². The largest absolute Gasteiger partial charge is 0.443 e. The average molecular weight is 271 g/mol. The maximum atomic E-state index is 13.6. The number of hydrogen-bond acceptors (Lipinski definition) is 3. The van der Waals surface area contributed by atoms with Gasteiger partial charge in [-0.05, 0) is 18.2 Å². The Morgan fingerprint density at radius 1 is 1.47 bits per heavy atom. The lowest BCUT2D eigenvalue weighted by molar-refractivity contribution is 0.560. The molecule has 0 bridgehead atoms. The summed E-state index contributed by atoms with van der Waals surface area (Å²) in [4.78, 5) is 3.90. The number of benzene rings is 1. The van der Waals surface area contributed by atoms with Crippen LogP contribution < -0.4 is 5.73 Å². The normalized spacial score (nSPS) is 10.6. The van der Waals surface area contributed by atoms with Crippen molar-refractivity contribution in [2.75, 3.05) is 0 Å². The first-order valence-corrected chi connectivity index (χ1v) is 5.09. The zero-order chi connectivity index (χ0) is 10.8. The molecule has 1 aromatic heterocycles. The molecule has 15 heavy (non-hydrogen) atoms. The zero-order valence-electron chi connectivity index (χ0n) is 7.71. The van der Waals surface area contributed by atoms with Gasteiger partial charge in [0.25, 0.3) is 0 Å². The highest BCUT2D eigenvalue weighted by atomic mass is 79.9. The van der Waals surface area contributed by atoms with E-state index in [1.807, 2.05) is 0 Å². The van der Waals surface area contributed by atoms with Gasteiger partial charge in [0.15, 0.2) is 12.2 Å². The molecule has 0 aliphatic heterocycles. The zero-order valence-corrected chi connectivity index (χ0v) is 9.29. The third-order valence-electron chi connectivity index (χ3n) is 2.01. The van der Waals surface area contributed by atoms with Gasteiger partial charge in [0, 0.05) is 11.0 Å². The predicted octanol–water partition coefficient (Wildman–Crippen LogP) is 2.70. The minimum atomic E-state index is -0.365. The SMILES string of the molecule is NCc1ncoc1-c1ccc(Br)cc1F. The molecule has 78 valence electrons. The van der Waals surface area contributed by atoms with Gasteiger partial charge in [-0.15, -0.1) is 0 Å². The fourth-order valence-corrected chi connectivity index (χ4v) is 1.64. The first-order chi connectivity index (χ1) is 7.22. The van der Waals surface area contributed by atoms with E-state index >= 15 is 0 Å². The van der Waals surface area contributed by atoms with Gasteiger partial charge in [-0.3, -0.25) is 0 Å². The number of aromatic nitrogens is 1. The van der Waals surface area contributed by atoms with Crippen LogP contribution in [-0.2, 0) is 6.54 Å². The summed E-state index contributed by atoms with van der Waals surface area (Å²) in [5.74, 6) is 0.0262. The van der Waals surface area contributed by atoms with Crippen LogP contribution in [0.15, 0.2) is 33.5 Å². The van der Waals surface area contributed by atoms with Crippen molar-refractivity contribution in [1.29, 1.82) is 0 Å².